The van der Waals surface area contributed by atoms with Crippen LogP contribution in [0.15, 0.2) is 12.4 Å². The third-order valence-corrected chi connectivity index (χ3v) is 2.98. The smallest absolute Gasteiger partial charge is 0.0880 e. The number of aliphatic hydroxyl groups excluding tert-OH is 1. The molecule has 0 saturated carbocycles. The molecule has 0 aliphatic carbocycles. The lowest BCUT2D eigenvalue weighted by atomic mass is 9.87. The Morgan fingerprint density at radius 1 is 1.21 bits per heavy atom. The van der Waals surface area contributed by atoms with E-state index in [-0.39, 0.29) is 5.41 Å². The zero-order chi connectivity index (χ0) is 14.2. The fourth-order valence-corrected chi connectivity index (χ4v) is 2.13. The zero-order valence-electron chi connectivity index (χ0n) is 12.1. The number of nitrogens with zero attached hydrogens (tertiary/aromatic N) is 5. The molecule has 0 radical (unpaired) electrons. The van der Waals surface area contributed by atoms with Gasteiger partial charge >= 0.3 is 0 Å². The summed E-state index contributed by atoms with van der Waals surface area (Å²) in [5.74, 6) is 0. The summed E-state index contributed by atoms with van der Waals surface area (Å²) in [7, 11) is 3.68. The Bertz CT molecular complexity index is 564. The Hall–Kier alpha value is -1.69. The van der Waals surface area contributed by atoms with Crippen LogP contribution in [-0.2, 0) is 25.9 Å². The first-order valence-electron chi connectivity index (χ1n) is 6.34. The molecule has 1 atom stereocenters. The van der Waals surface area contributed by atoms with Gasteiger partial charge in [0.05, 0.1) is 17.5 Å². The largest absolute Gasteiger partial charge is 0.388 e. The van der Waals surface area contributed by atoms with Crippen LogP contribution in [0.2, 0.25) is 0 Å². The van der Waals surface area contributed by atoms with Crippen LogP contribution in [0.5, 0.6) is 0 Å². The van der Waals surface area contributed by atoms with Crippen molar-refractivity contribution < 1.29 is 5.11 Å². The summed E-state index contributed by atoms with van der Waals surface area (Å²) < 4.78 is 3.38. The van der Waals surface area contributed by atoms with Gasteiger partial charge in [0, 0.05) is 43.9 Å². The SMILES string of the molecule is Cn1cc(CC(O)c2cn(C)nc2C(C)(C)C)nn1. The van der Waals surface area contributed by atoms with Gasteiger partial charge in [-0.1, -0.05) is 26.0 Å². The van der Waals surface area contributed by atoms with Crippen LogP contribution in [0.4, 0.5) is 0 Å². The van der Waals surface area contributed by atoms with Gasteiger partial charge in [-0.25, -0.2) is 0 Å². The van der Waals surface area contributed by atoms with Gasteiger partial charge in [0.1, 0.15) is 0 Å². The van der Waals surface area contributed by atoms with Crippen LogP contribution in [0.25, 0.3) is 0 Å². The molecule has 2 rings (SSSR count). The number of hydrogen-bond acceptors (Lipinski definition) is 4. The lowest BCUT2D eigenvalue weighted by Gasteiger charge is -2.19. The number of aromatic nitrogens is 5. The summed E-state index contributed by atoms with van der Waals surface area (Å²) in [6, 6.07) is 0. The second-order valence-electron chi connectivity index (χ2n) is 5.96. The molecule has 0 amide bonds. The third-order valence-electron chi connectivity index (χ3n) is 2.98. The highest BCUT2D eigenvalue weighted by Crippen LogP contribution is 2.29. The van der Waals surface area contributed by atoms with E-state index in [2.05, 4.69) is 36.2 Å². The van der Waals surface area contributed by atoms with Gasteiger partial charge in [-0.3, -0.25) is 9.36 Å². The van der Waals surface area contributed by atoms with E-state index in [1.807, 2.05) is 26.5 Å². The summed E-state index contributed by atoms with van der Waals surface area (Å²) in [5, 5.41) is 22.8. The summed E-state index contributed by atoms with van der Waals surface area (Å²) in [6.07, 6.45) is 3.53. The number of aliphatic hydroxyl groups is 1. The van der Waals surface area contributed by atoms with Crippen LogP contribution in [0, 0.1) is 0 Å². The van der Waals surface area contributed by atoms with Crippen molar-refractivity contribution in [2.45, 2.75) is 38.7 Å². The molecular formula is C13H21N5O. The predicted molar refractivity (Wildman–Crippen MR) is 71.6 cm³/mol. The van der Waals surface area contributed by atoms with Crippen molar-refractivity contribution in [1.29, 1.82) is 0 Å². The van der Waals surface area contributed by atoms with Crippen molar-refractivity contribution in [3.63, 3.8) is 0 Å². The molecule has 0 aromatic carbocycles. The van der Waals surface area contributed by atoms with Crippen molar-refractivity contribution in [2.75, 3.05) is 0 Å². The first kappa shape index (κ1) is 13.7. The summed E-state index contributed by atoms with van der Waals surface area (Å²) >= 11 is 0. The van der Waals surface area contributed by atoms with Crippen LogP contribution in [0.3, 0.4) is 0 Å². The van der Waals surface area contributed by atoms with E-state index in [0.717, 1.165) is 17.0 Å². The Balaban J connectivity index is 2.26. The monoisotopic (exact) mass is 263 g/mol. The quantitative estimate of drug-likeness (QED) is 0.901. The van der Waals surface area contributed by atoms with Crippen LogP contribution in [-0.4, -0.2) is 29.9 Å². The van der Waals surface area contributed by atoms with Gasteiger partial charge in [0.2, 0.25) is 0 Å². The van der Waals surface area contributed by atoms with Crippen molar-refractivity contribution in [2.24, 2.45) is 14.1 Å². The van der Waals surface area contributed by atoms with Crippen LogP contribution < -0.4 is 0 Å². The van der Waals surface area contributed by atoms with Crippen molar-refractivity contribution >= 4 is 0 Å². The first-order chi connectivity index (χ1) is 8.77. The molecule has 0 bridgehead atoms. The van der Waals surface area contributed by atoms with Gasteiger partial charge in [-0.15, -0.1) is 5.10 Å². The molecule has 0 spiro atoms. The molecule has 104 valence electrons. The average molecular weight is 263 g/mol. The van der Waals surface area contributed by atoms with Gasteiger partial charge in [0.25, 0.3) is 0 Å². The van der Waals surface area contributed by atoms with Crippen molar-refractivity contribution in [3.05, 3.63) is 29.3 Å². The molecule has 2 aromatic rings. The van der Waals surface area contributed by atoms with E-state index in [1.165, 1.54) is 0 Å². The standard InChI is InChI=1S/C13H21N5O/c1-13(2,3)12-10(8-17(4)15-12)11(19)6-9-7-18(5)16-14-9/h7-8,11,19H,6H2,1-5H3. The molecular weight excluding hydrogens is 242 g/mol. The Labute approximate surface area is 113 Å². The Kier molecular flexibility index (Phi) is 3.45. The number of aryl methyl sites for hydroxylation is 2. The summed E-state index contributed by atoms with van der Waals surface area (Å²) in [6.45, 7) is 6.27. The normalized spacial score (nSPS) is 13.8. The number of rotatable bonds is 3. The summed E-state index contributed by atoms with van der Waals surface area (Å²) in [4.78, 5) is 0. The van der Waals surface area contributed by atoms with Gasteiger partial charge in [0.15, 0.2) is 0 Å². The highest BCUT2D eigenvalue weighted by Gasteiger charge is 2.26. The van der Waals surface area contributed by atoms with Gasteiger partial charge in [-0.05, 0) is 0 Å². The first-order valence-corrected chi connectivity index (χ1v) is 6.34. The maximum atomic E-state index is 10.4. The molecule has 19 heavy (non-hydrogen) atoms. The molecule has 2 aromatic heterocycles. The number of hydrogen-bond donors (Lipinski definition) is 1. The highest BCUT2D eigenvalue weighted by atomic mass is 16.3. The van der Waals surface area contributed by atoms with E-state index >= 15 is 0 Å². The second kappa shape index (κ2) is 4.77. The van der Waals surface area contributed by atoms with E-state index < -0.39 is 6.10 Å². The minimum Gasteiger partial charge on any atom is -0.388 e. The van der Waals surface area contributed by atoms with Crippen molar-refractivity contribution in [3.8, 4) is 0 Å². The molecule has 1 N–H and O–H groups in total. The van der Waals surface area contributed by atoms with Crippen LogP contribution in [0.1, 0.15) is 43.8 Å². The molecule has 0 aliphatic heterocycles. The average Bonchev–Trinajstić information content (AvgIpc) is 2.84. The molecule has 6 heteroatoms. The lowest BCUT2D eigenvalue weighted by Crippen LogP contribution is -2.17. The highest BCUT2D eigenvalue weighted by molar-refractivity contribution is 5.27. The van der Waals surface area contributed by atoms with E-state index in [1.54, 1.807) is 9.36 Å². The van der Waals surface area contributed by atoms with E-state index in [4.69, 9.17) is 0 Å². The minimum atomic E-state index is -0.611. The predicted octanol–water partition coefficient (Wildman–Crippen LogP) is 1.12. The molecule has 0 aliphatic rings. The molecule has 0 saturated heterocycles. The third kappa shape index (κ3) is 3.01. The maximum Gasteiger partial charge on any atom is 0.0880 e. The Morgan fingerprint density at radius 3 is 2.42 bits per heavy atom. The van der Waals surface area contributed by atoms with Crippen molar-refractivity contribution in [1.82, 2.24) is 24.8 Å². The second-order valence-corrected chi connectivity index (χ2v) is 5.96. The minimum absolute atomic E-state index is 0.0973. The van der Waals surface area contributed by atoms with Crippen LogP contribution >= 0.6 is 0 Å². The fourth-order valence-electron chi connectivity index (χ4n) is 2.13. The maximum absolute atomic E-state index is 10.4. The fraction of sp³-hybridized carbons (Fsp3) is 0.615. The summed E-state index contributed by atoms with van der Waals surface area (Å²) in [5.41, 5.74) is 2.46. The topological polar surface area (TPSA) is 68.8 Å². The molecule has 1 unspecified atom stereocenters. The molecule has 6 nitrogen and oxygen atoms in total. The van der Waals surface area contributed by atoms with Gasteiger partial charge in [-0.2, -0.15) is 5.10 Å². The lowest BCUT2D eigenvalue weighted by molar-refractivity contribution is 0.174. The van der Waals surface area contributed by atoms with E-state index in [0.29, 0.717) is 6.42 Å². The zero-order valence-corrected chi connectivity index (χ0v) is 12.1. The Morgan fingerprint density at radius 2 is 1.89 bits per heavy atom. The molecule has 0 fully saturated rings. The van der Waals surface area contributed by atoms with E-state index in [9.17, 15) is 5.11 Å². The molecule has 2 heterocycles. The van der Waals surface area contributed by atoms with Gasteiger partial charge < -0.3 is 5.11 Å².